The Morgan fingerprint density at radius 3 is 2.33 bits per heavy atom. The summed E-state index contributed by atoms with van der Waals surface area (Å²) in [6.07, 6.45) is 1.43. The van der Waals surface area contributed by atoms with Gasteiger partial charge in [-0.2, -0.15) is 0 Å². The molecule has 2 atom stereocenters. The van der Waals surface area contributed by atoms with Crippen molar-refractivity contribution in [2.75, 3.05) is 19.8 Å². The van der Waals surface area contributed by atoms with Crippen molar-refractivity contribution >= 4 is 28.3 Å². The van der Waals surface area contributed by atoms with Gasteiger partial charge in [0.05, 0.1) is 19.1 Å². The fraction of sp³-hybridized carbons (Fsp3) is 0.607. The van der Waals surface area contributed by atoms with Crippen molar-refractivity contribution in [1.82, 2.24) is 4.72 Å². The van der Waals surface area contributed by atoms with Crippen molar-refractivity contribution in [3.8, 4) is 5.75 Å². The normalized spacial score (nSPS) is 13.9. The van der Waals surface area contributed by atoms with E-state index in [2.05, 4.69) is 36.8 Å². The van der Waals surface area contributed by atoms with Gasteiger partial charge in [0.15, 0.2) is 0 Å². The van der Waals surface area contributed by atoms with E-state index in [1.165, 1.54) is 10.4 Å². The number of aliphatic hydroxyl groups is 1. The van der Waals surface area contributed by atoms with Gasteiger partial charge in [-0.15, -0.1) is 11.3 Å². The molecule has 2 unspecified atom stereocenters. The second-order valence-corrected chi connectivity index (χ2v) is 12.8. The molecule has 1 aromatic heterocycles. The number of esters is 1. The summed E-state index contributed by atoms with van der Waals surface area (Å²) in [5.74, 6) is 0.482. The van der Waals surface area contributed by atoms with Gasteiger partial charge >= 0.3 is 5.97 Å². The molecule has 1 heterocycles. The lowest BCUT2D eigenvalue weighted by atomic mass is 9.74. The van der Waals surface area contributed by atoms with Crippen LogP contribution in [0.4, 0.5) is 0 Å². The molecule has 1 aromatic carbocycles. The number of hydrogen-bond donors (Lipinski definition) is 2. The van der Waals surface area contributed by atoms with Crippen LogP contribution in [0.3, 0.4) is 0 Å². The maximum atomic E-state index is 13.0. The number of nitrogens with one attached hydrogen (secondary N) is 1. The zero-order valence-electron chi connectivity index (χ0n) is 23.0. The second-order valence-electron chi connectivity index (χ2n) is 10.3. The van der Waals surface area contributed by atoms with Gasteiger partial charge in [-0.25, -0.2) is 8.93 Å². The first-order valence-corrected chi connectivity index (χ1v) is 14.7. The Hall–Kier alpha value is -1.74. The van der Waals surface area contributed by atoms with Crippen LogP contribution in [0.15, 0.2) is 28.5 Å². The van der Waals surface area contributed by atoms with Crippen LogP contribution < -0.4 is 9.46 Å². The summed E-state index contributed by atoms with van der Waals surface area (Å²) in [7, 11) is -1.40. The van der Waals surface area contributed by atoms with Gasteiger partial charge in [0, 0.05) is 16.8 Å². The maximum absolute atomic E-state index is 13.0. The molecular formula is C28H43NO5S2. The highest BCUT2D eigenvalue weighted by Crippen LogP contribution is 2.44. The minimum absolute atomic E-state index is 0.186. The van der Waals surface area contributed by atoms with Crippen LogP contribution in [0.2, 0.25) is 0 Å². The SMILES string of the molecule is CCOC(=O)CCNS(=O)c1sc(C(CC)(CC)c2ccc(OCC(O)C(C)(C)C)c(C)c2)cc1C. The number of rotatable bonds is 13. The number of hydrogen-bond acceptors (Lipinski definition) is 6. The molecule has 0 radical (unpaired) electrons. The van der Waals surface area contributed by atoms with Crippen LogP contribution in [0.1, 0.15) is 82.4 Å². The predicted octanol–water partition coefficient (Wildman–Crippen LogP) is 5.82. The van der Waals surface area contributed by atoms with Crippen molar-refractivity contribution in [3.05, 3.63) is 45.8 Å². The molecular weight excluding hydrogens is 494 g/mol. The van der Waals surface area contributed by atoms with Crippen LogP contribution in [0.5, 0.6) is 5.75 Å². The lowest BCUT2D eigenvalue weighted by Gasteiger charge is -2.32. The first kappa shape index (κ1) is 30.5. The fourth-order valence-electron chi connectivity index (χ4n) is 4.11. The molecule has 2 rings (SSSR count). The summed E-state index contributed by atoms with van der Waals surface area (Å²) in [4.78, 5) is 12.8. The Labute approximate surface area is 223 Å². The summed E-state index contributed by atoms with van der Waals surface area (Å²) < 4.78 is 27.6. The summed E-state index contributed by atoms with van der Waals surface area (Å²) >= 11 is 1.57. The van der Waals surface area contributed by atoms with Crippen LogP contribution in [0.25, 0.3) is 0 Å². The largest absolute Gasteiger partial charge is 0.491 e. The van der Waals surface area contributed by atoms with Gasteiger partial charge in [0.25, 0.3) is 0 Å². The number of aryl methyl sites for hydroxylation is 2. The molecule has 0 bridgehead atoms. The third-order valence-corrected chi connectivity index (χ3v) is 9.78. The molecule has 202 valence electrons. The quantitative estimate of drug-likeness (QED) is 0.315. The van der Waals surface area contributed by atoms with Crippen molar-refractivity contribution < 1.29 is 23.6 Å². The fourth-order valence-corrected chi connectivity index (χ4v) is 6.88. The first-order chi connectivity index (χ1) is 16.9. The summed E-state index contributed by atoms with van der Waals surface area (Å²) in [5, 5.41) is 10.3. The molecule has 36 heavy (non-hydrogen) atoms. The Bertz CT molecular complexity index is 1040. The van der Waals surface area contributed by atoms with Crippen LogP contribution >= 0.6 is 11.3 Å². The zero-order chi connectivity index (χ0) is 27.1. The molecule has 2 aromatic rings. The monoisotopic (exact) mass is 537 g/mol. The lowest BCUT2D eigenvalue weighted by Crippen LogP contribution is -2.32. The summed E-state index contributed by atoms with van der Waals surface area (Å²) in [6, 6.07) is 8.44. The average Bonchev–Trinajstić information content (AvgIpc) is 3.21. The first-order valence-electron chi connectivity index (χ1n) is 12.7. The molecule has 2 N–H and O–H groups in total. The maximum Gasteiger partial charge on any atom is 0.307 e. The van der Waals surface area contributed by atoms with E-state index in [1.807, 2.05) is 40.7 Å². The second kappa shape index (κ2) is 13.2. The predicted molar refractivity (Wildman–Crippen MR) is 148 cm³/mol. The summed E-state index contributed by atoms with van der Waals surface area (Å²) in [6.45, 7) is 17.0. The smallest absolute Gasteiger partial charge is 0.307 e. The van der Waals surface area contributed by atoms with Crippen LogP contribution in [-0.2, 0) is 25.9 Å². The van der Waals surface area contributed by atoms with E-state index < -0.39 is 17.1 Å². The number of thiophene rings is 1. The molecule has 0 saturated heterocycles. The van der Waals surface area contributed by atoms with Gasteiger partial charge < -0.3 is 14.6 Å². The van der Waals surface area contributed by atoms with Crippen molar-refractivity contribution in [1.29, 1.82) is 0 Å². The van der Waals surface area contributed by atoms with Gasteiger partial charge in [-0.05, 0) is 67.9 Å². The molecule has 0 fully saturated rings. The minimum Gasteiger partial charge on any atom is -0.491 e. The Balaban J connectivity index is 2.26. The Morgan fingerprint density at radius 1 is 1.11 bits per heavy atom. The molecule has 0 spiro atoms. The van der Waals surface area contributed by atoms with E-state index in [4.69, 9.17) is 9.47 Å². The van der Waals surface area contributed by atoms with Crippen LogP contribution in [0, 0.1) is 19.3 Å². The van der Waals surface area contributed by atoms with E-state index in [1.54, 1.807) is 18.3 Å². The Morgan fingerprint density at radius 2 is 1.78 bits per heavy atom. The number of carbonyl (C=O) groups excluding carboxylic acids is 1. The molecule has 0 aliphatic rings. The molecule has 6 nitrogen and oxygen atoms in total. The van der Waals surface area contributed by atoms with Crippen molar-refractivity contribution in [2.45, 2.75) is 90.4 Å². The third-order valence-electron chi connectivity index (χ3n) is 6.71. The minimum atomic E-state index is -1.40. The van der Waals surface area contributed by atoms with E-state index in [0.29, 0.717) is 13.2 Å². The number of aliphatic hydroxyl groups excluding tert-OH is 1. The standard InChI is InChI=1S/C28H43NO5S2/c1-9-28(10-2,21-12-13-22(19(4)16-21)34-18-23(30)27(6,7)8)24-17-20(5)26(35-24)36(32)29-15-14-25(31)33-11-3/h12-13,16-17,23,29-30H,9-11,14-15,18H2,1-8H3. The topological polar surface area (TPSA) is 84.9 Å². The van der Waals surface area contributed by atoms with Gasteiger partial charge in [0.1, 0.15) is 27.6 Å². The highest BCUT2D eigenvalue weighted by molar-refractivity contribution is 7.85. The number of benzene rings is 1. The molecule has 0 aliphatic carbocycles. The Kier molecular flexibility index (Phi) is 11.2. The molecule has 0 saturated carbocycles. The molecule has 8 heteroatoms. The highest BCUT2D eigenvalue weighted by atomic mass is 32.2. The van der Waals surface area contributed by atoms with E-state index in [0.717, 1.165) is 33.9 Å². The van der Waals surface area contributed by atoms with Gasteiger partial charge in [-0.3, -0.25) is 4.79 Å². The van der Waals surface area contributed by atoms with E-state index in [9.17, 15) is 14.1 Å². The number of ether oxygens (including phenoxy) is 2. The van der Waals surface area contributed by atoms with Crippen molar-refractivity contribution in [2.24, 2.45) is 5.41 Å². The summed E-state index contributed by atoms with van der Waals surface area (Å²) in [5.41, 5.74) is 2.75. The van der Waals surface area contributed by atoms with E-state index >= 15 is 0 Å². The number of carbonyl (C=O) groups is 1. The zero-order valence-corrected chi connectivity index (χ0v) is 24.7. The van der Waals surface area contributed by atoms with Crippen LogP contribution in [-0.4, -0.2) is 41.1 Å². The third kappa shape index (κ3) is 7.40. The van der Waals surface area contributed by atoms with Gasteiger partial charge in [-0.1, -0.05) is 46.8 Å². The molecule has 0 amide bonds. The van der Waals surface area contributed by atoms with E-state index in [-0.39, 0.29) is 29.8 Å². The molecule has 0 aliphatic heterocycles. The van der Waals surface area contributed by atoms with Gasteiger partial charge in [0.2, 0.25) is 0 Å². The lowest BCUT2D eigenvalue weighted by molar-refractivity contribution is -0.142. The average molecular weight is 538 g/mol. The highest BCUT2D eigenvalue weighted by Gasteiger charge is 2.34. The van der Waals surface area contributed by atoms with Crippen molar-refractivity contribution in [3.63, 3.8) is 0 Å².